The molecule has 2 fully saturated rings. The van der Waals surface area contributed by atoms with Gasteiger partial charge in [-0.2, -0.15) is 0 Å². The maximum Gasteiger partial charge on any atom is 0.220 e. The summed E-state index contributed by atoms with van der Waals surface area (Å²) in [7, 11) is 0. The van der Waals surface area contributed by atoms with Gasteiger partial charge in [-0.25, -0.2) is 0 Å². The highest BCUT2D eigenvalue weighted by Crippen LogP contribution is 2.44. The Bertz CT molecular complexity index is 723. The summed E-state index contributed by atoms with van der Waals surface area (Å²) < 4.78 is 0. The molecule has 1 aromatic carbocycles. The van der Waals surface area contributed by atoms with E-state index in [1.54, 1.807) is 12.1 Å². The Morgan fingerprint density at radius 1 is 1.11 bits per heavy atom. The van der Waals surface area contributed by atoms with Crippen LogP contribution in [0.2, 0.25) is 0 Å². The number of Topliss-reactive ketones (excluding diaryl/α,β-unsaturated/α-hetero) is 1. The SMILES string of the molecule is CC(C)(C)C1CC(=O)NC2CC(NC(=O)CCC(=O)c3ccccc3)CCC21. The van der Waals surface area contributed by atoms with E-state index in [1.165, 1.54) is 0 Å². The van der Waals surface area contributed by atoms with E-state index in [4.69, 9.17) is 0 Å². The normalized spacial score (nSPS) is 27.5. The summed E-state index contributed by atoms with van der Waals surface area (Å²) in [5.74, 6) is 0.896. The largest absolute Gasteiger partial charge is 0.353 e. The zero-order chi connectivity index (χ0) is 20.3. The van der Waals surface area contributed by atoms with Crippen molar-refractivity contribution in [1.82, 2.24) is 10.6 Å². The first-order valence-electron chi connectivity index (χ1n) is 10.4. The molecule has 0 bridgehead atoms. The minimum atomic E-state index is -0.0813. The molecule has 2 N–H and O–H groups in total. The second-order valence-corrected chi connectivity index (χ2v) is 9.38. The summed E-state index contributed by atoms with van der Waals surface area (Å²) in [6, 6.07) is 9.28. The monoisotopic (exact) mass is 384 g/mol. The number of carbonyl (C=O) groups is 3. The smallest absolute Gasteiger partial charge is 0.220 e. The molecular weight excluding hydrogens is 352 g/mol. The molecule has 1 aliphatic heterocycles. The van der Waals surface area contributed by atoms with Crippen molar-refractivity contribution in [1.29, 1.82) is 0 Å². The molecule has 0 radical (unpaired) electrons. The van der Waals surface area contributed by atoms with E-state index in [0.29, 0.717) is 23.8 Å². The summed E-state index contributed by atoms with van der Waals surface area (Å²) in [5, 5.41) is 6.24. The fourth-order valence-corrected chi connectivity index (χ4v) is 4.83. The van der Waals surface area contributed by atoms with Crippen molar-refractivity contribution in [3.63, 3.8) is 0 Å². The molecule has 28 heavy (non-hydrogen) atoms. The number of hydrogen-bond acceptors (Lipinski definition) is 3. The molecule has 0 aromatic heterocycles. The second kappa shape index (κ2) is 8.46. The first-order chi connectivity index (χ1) is 13.2. The molecule has 1 saturated heterocycles. The van der Waals surface area contributed by atoms with Gasteiger partial charge in [0.2, 0.25) is 11.8 Å². The second-order valence-electron chi connectivity index (χ2n) is 9.38. The van der Waals surface area contributed by atoms with E-state index >= 15 is 0 Å². The zero-order valence-corrected chi connectivity index (χ0v) is 17.2. The number of benzene rings is 1. The third-order valence-electron chi connectivity index (χ3n) is 6.32. The van der Waals surface area contributed by atoms with Gasteiger partial charge in [-0.1, -0.05) is 51.1 Å². The third-order valence-corrected chi connectivity index (χ3v) is 6.32. The quantitative estimate of drug-likeness (QED) is 0.763. The molecule has 0 spiro atoms. The highest BCUT2D eigenvalue weighted by molar-refractivity contribution is 5.97. The van der Waals surface area contributed by atoms with Gasteiger partial charge in [-0.15, -0.1) is 0 Å². The molecule has 4 atom stereocenters. The van der Waals surface area contributed by atoms with Gasteiger partial charge in [-0.05, 0) is 36.5 Å². The summed E-state index contributed by atoms with van der Waals surface area (Å²) in [4.78, 5) is 36.7. The van der Waals surface area contributed by atoms with Gasteiger partial charge in [0, 0.05) is 36.9 Å². The number of fused-ring (bicyclic) bond motifs is 1. The molecule has 2 amide bonds. The zero-order valence-electron chi connectivity index (χ0n) is 17.2. The van der Waals surface area contributed by atoms with E-state index in [2.05, 4.69) is 31.4 Å². The van der Waals surface area contributed by atoms with Crippen LogP contribution in [0.1, 0.15) is 69.7 Å². The van der Waals surface area contributed by atoms with Gasteiger partial charge in [0.15, 0.2) is 5.78 Å². The van der Waals surface area contributed by atoms with Gasteiger partial charge in [0.05, 0.1) is 0 Å². The van der Waals surface area contributed by atoms with Crippen LogP contribution in [0.3, 0.4) is 0 Å². The Labute approximate surface area is 167 Å². The summed E-state index contributed by atoms with van der Waals surface area (Å²) in [5.41, 5.74) is 0.753. The highest BCUT2D eigenvalue weighted by Gasteiger charge is 2.45. The van der Waals surface area contributed by atoms with Crippen LogP contribution in [0.4, 0.5) is 0 Å². The van der Waals surface area contributed by atoms with Crippen molar-refractivity contribution in [3.8, 4) is 0 Å². The van der Waals surface area contributed by atoms with Gasteiger partial charge >= 0.3 is 0 Å². The van der Waals surface area contributed by atoms with Crippen LogP contribution in [0.25, 0.3) is 0 Å². The van der Waals surface area contributed by atoms with Crippen molar-refractivity contribution in [2.24, 2.45) is 17.3 Å². The van der Waals surface area contributed by atoms with Crippen LogP contribution in [0.5, 0.6) is 0 Å². The average Bonchev–Trinajstić information content (AvgIpc) is 2.65. The summed E-state index contributed by atoms with van der Waals surface area (Å²) in [6.45, 7) is 6.64. The molecule has 1 saturated carbocycles. The lowest BCUT2D eigenvalue weighted by Gasteiger charge is -2.48. The topological polar surface area (TPSA) is 75.3 Å². The van der Waals surface area contributed by atoms with Crippen molar-refractivity contribution in [3.05, 3.63) is 35.9 Å². The maximum atomic E-state index is 12.3. The first-order valence-corrected chi connectivity index (χ1v) is 10.4. The highest BCUT2D eigenvalue weighted by atomic mass is 16.2. The van der Waals surface area contributed by atoms with E-state index in [0.717, 1.165) is 19.3 Å². The van der Waals surface area contributed by atoms with Crippen LogP contribution in [0, 0.1) is 17.3 Å². The molecule has 1 aromatic rings. The third kappa shape index (κ3) is 5.00. The number of carbonyl (C=O) groups excluding carboxylic acids is 3. The van der Waals surface area contributed by atoms with Crippen molar-refractivity contribution in [2.75, 3.05) is 0 Å². The lowest BCUT2D eigenvalue weighted by Crippen LogP contribution is -2.57. The molecule has 2 aliphatic rings. The summed E-state index contributed by atoms with van der Waals surface area (Å²) >= 11 is 0. The van der Waals surface area contributed by atoms with Gasteiger partial charge < -0.3 is 10.6 Å². The predicted octanol–water partition coefficient (Wildman–Crippen LogP) is 3.49. The van der Waals surface area contributed by atoms with Crippen LogP contribution in [-0.2, 0) is 9.59 Å². The van der Waals surface area contributed by atoms with E-state index in [1.807, 2.05) is 18.2 Å². The van der Waals surface area contributed by atoms with Gasteiger partial charge in [0.1, 0.15) is 0 Å². The Morgan fingerprint density at radius 3 is 2.50 bits per heavy atom. The van der Waals surface area contributed by atoms with E-state index in [9.17, 15) is 14.4 Å². The van der Waals surface area contributed by atoms with Crippen molar-refractivity contribution < 1.29 is 14.4 Å². The van der Waals surface area contributed by atoms with Gasteiger partial charge in [0.25, 0.3) is 0 Å². The number of hydrogen-bond donors (Lipinski definition) is 2. The number of piperidine rings is 1. The molecule has 5 heteroatoms. The minimum Gasteiger partial charge on any atom is -0.353 e. The van der Waals surface area contributed by atoms with E-state index in [-0.39, 0.29) is 47.9 Å². The lowest BCUT2D eigenvalue weighted by atomic mass is 9.62. The number of rotatable bonds is 5. The van der Waals surface area contributed by atoms with Crippen LogP contribution in [0.15, 0.2) is 30.3 Å². The molecule has 1 aliphatic carbocycles. The Kier molecular flexibility index (Phi) is 6.21. The fraction of sp³-hybridized carbons (Fsp3) is 0.609. The van der Waals surface area contributed by atoms with Crippen LogP contribution >= 0.6 is 0 Å². The number of ketones is 1. The lowest BCUT2D eigenvalue weighted by molar-refractivity contribution is -0.130. The van der Waals surface area contributed by atoms with Crippen LogP contribution in [-0.4, -0.2) is 29.7 Å². The van der Waals surface area contributed by atoms with Crippen molar-refractivity contribution >= 4 is 17.6 Å². The van der Waals surface area contributed by atoms with Crippen molar-refractivity contribution in [2.45, 2.75) is 71.4 Å². The first kappa shape index (κ1) is 20.6. The molecule has 3 rings (SSSR count). The maximum absolute atomic E-state index is 12.3. The number of nitrogens with one attached hydrogen (secondary N) is 2. The molecule has 4 unspecified atom stereocenters. The summed E-state index contributed by atoms with van der Waals surface area (Å²) in [6.07, 6.45) is 3.75. The Balaban J connectivity index is 1.50. The standard InChI is InChI=1S/C23H32N2O3/c1-23(2,3)18-14-22(28)25-19-13-16(9-10-17(18)19)24-21(27)12-11-20(26)15-7-5-4-6-8-15/h4-8,16-19H,9-14H2,1-3H3,(H,24,27)(H,25,28). The molecule has 152 valence electrons. The Morgan fingerprint density at radius 2 is 1.82 bits per heavy atom. The minimum absolute atomic E-state index is 0.00739. The number of amides is 2. The molecule has 1 heterocycles. The van der Waals surface area contributed by atoms with E-state index < -0.39 is 0 Å². The van der Waals surface area contributed by atoms with Gasteiger partial charge in [-0.3, -0.25) is 14.4 Å². The Hall–Kier alpha value is -2.17. The predicted molar refractivity (Wildman–Crippen MR) is 109 cm³/mol. The average molecular weight is 385 g/mol. The fourth-order valence-electron chi connectivity index (χ4n) is 4.83. The molecule has 5 nitrogen and oxygen atoms in total. The van der Waals surface area contributed by atoms with Crippen LogP contribution < -0.4 is 10.6 Å². The molecular formula is C23H32N2O3.